The van der Waals surface area contributed by atoms with Gasteiger partial charge in [-0.1, -0.05) is 36.4 Å². The summed E-state index contributed by atoms with van der Waals surface area (Å²) in [5.41, 5.74) is 8.90. The van der Waals surface area contributed by atoms with Gasteiger partial charge >= 0.3 is 12.1 Å². The Morgan fingerprint density at radius 1 is 1.04 bits per heavy atom. The van der Waals surface area contributed by atoms with Crippen molar-refractivity contribution in [3.8, 4) is 11.1 Å². The molecule has 0 saturated carbocycles. The molecule has 0 spiro atoms. The van der Waals surface area contributed by atoms with Crippen LogP contribution in [0.4, 0.5) is 13.2 Å². The van der Waals surface area contributed by atoms with Crippen LogP contribution in [0.2, 0.25) is 0 Å². The van der Waals surface area contributed by atoms with E-state index in [1.807, 2.05) is 0 Å². The lowest BCUT2D eigenvalue weighted by atomic mass is 10.0. The highest BCUT2D eigenvalue weighted by molar-refractivity contribution is 8.02. The SMILES string of the molecule is NN/C(SCc1ccc(-c2ccc(C(F)(F)F)cc2)cc1)=C(\N)C(=O)O. The van der Waals surface area contributed by atoms with E-state index >= 15 is 0 Å². The smallest absolute Gasteiger partial charge is 0.416 e. The Hall–Kier alpha value is -2.65. The van der Waals surface area contributed by atoms with Gasteiger partial charge in [0.2, 0.25) is 0 Å². The Morgan fingerprint density at radius 3 is 1.96 bits per heavy atom. The summed E-state index contributed by atoms with van der Waals surface area (Å²) in [6, 6.07) is 12.1. The number of hydrazine groups is 1. The van der Waals surface area contributed by atoms with E-state index in [1.165, 1.54) is 12.1 Å². The Morgan fingerprint density at radius 2 is 1.54 bits per heavy atom. The molecule has 0 aliphatic rings. The fraction of sp³-hybridized carbons (Fsp3) is 0.118. The quantitative estimate of drug-likeness (QED) is 0.347. The highest BCUT2D eigenvalue weighted by Gasteiger charge is 2.29. The third-order valence-corrected chi connectivity index (χ3v) is 4.59. The minimum Gasteiger partial charge on any atom is -0.477 e. The molecule has 0 radical (unpaired) electrons. The Kier molecular flexibility index (Phi) is 6.17. The molecule has 0 bridgehead atoms. The minimum atomic E-state index is -4.36. The summed E-state index contributed by atoms with van der Waals surface area (Å²) < 4.78 is 37.8. The molecule has 0 fully saturated rings. The molecule has 138 valence electrons. The Balaban J connectivity index is 2.09. The summed E-state index contributed by atoms with van der Waals surface area (Å²) in [7, 11) is 0. The maximum absolute atomic E-state index is 12.6. The maximum Gasteiger partial charge on any atom is 0.416 e. The third kappa shape index (κ3) is 4.93. The minimum absolute atomic E-state index is 0.143. The second-order valence-corrected chi connectivity index (χ2v) is 6.24. The fourth-order valence-corrected chi connectivity index (χ4v) is 2.92. The van der Waals surface area contributed by atoms with E-state index in [2.05, 4.69) is 5.43 Å². The number of nitrogens with two attached hydrogens (primary N) is 2. The van der Waals surface area contributed by atoms with Gasteiger partial charge in [-0.15, -0.1) is 11.8 Å². The van der Waals surface area contributed by atoms with Gasteiger partial charge in [-0.3, -0.25) is 0 Å². The van der Waals surface area contributed by atoms with Gasteiger partial charge in [0.05, 0.1) is 5.56 Å². The van der Waals surface area contributed by atoms with Gasteiger partial charge < -0.3 is 16.3 Å². The lowest BCUT2D eigenvalue weighted by Gasteiger charge is -2.10. The van der Waals surface area contributed by atoms with Crippen LogP contribution in [0.3, 0.4) is 0 Å². The van der Waals surface area contributed by atoms with Crippen LogP contribution >= 0.6 is 11.8 Å². The van der Waals surface area contributed by atoms with Crippen molar-refractivity contribution >= 4 is 17.7 Å². The van der Waals surface area contributed by atoms with E-state index in [9.17, 15) is 18.0 Å². The second-order valence-electron chi connectivity index (χ2n) is 5.25. The molecule has 0 aliphatic carbocycles. The Bertz CT molecular complexity index is 803. The first kappa shape index (κ1) is 19.7. The van der Waals surface area contributed by atoms with E-state index in [-0.39, 0.29) is 10.7 Å². The fourth-order valence-electron chi connectivity index (χ4n) is 2.09. The second kappa shape index (κ2) is 8.15. The van der Waals surface area contributed by atoms with Crippen molar-refractivity contribution in [2.45, 2.75) is 11.9 Å². The number of alkyl halides is 3. The van der Waals surface area contributed by atoms with Gasteiger partial charge in [-0.2, -0.15) is 13.2 Å². The van der Waals surface area contributed by atoms with Crippen LogP contribution in [0.1, 0.15) is 11.1 Å². The summed E-state index contributed by atoms with van der Waals surface area (Å²) in [5, 5.41) is 8.99. The highest BCUT2D eigenvalue weighted by Crippen LogP contribution is 2.31. The average molecular weight is 383 g/mol. The molecule has 2 rings (SSSR count). The van der Waals surface area contributed by atoms with Gasteiger partial charge in [0.1, 0.15) is 10.7 Å². The van der Waals surface area contributed by atoms with Crippen LogP contribution < -0.4 is 17.0 Å². The van der Waals surface area contributed by atoms with E-state index in [0.29, 0.717) is 11.3 Å². The molecule has 0 aromatic heterocycles. The lowest BCUT2D eigenvalue weighted by Crippen LogP contribution is -2.26. The number of hydrogen-bond acceptors (Lipinski definition) is 5. The normalized spacial score (nSPS) is 12.5. The van der Waals surface area contributed by atoms with Crippen LogP contribution in [0.25, 0.3) is 11.1 Å². The molecule has 0 heterocycles. The van der Waals surface area contributed by atoms with Crippen molar-refractivity contribution in [3.05, 3.63) is 70.4 Å². The number of aliphatic carboxylic acids is 1. The largest absolute Gasteiger partial charge is 0.477 e. The predicted molar refractivity (Wildman–Crippen MR) is 94.3 cm³/mol. The van der Waals surface area contributed by atoms with Gasteiger partial charge in [0.15, 0.2) is 0 Å². The first-order chi connectivity index (χ1) is 12.2. The van der Waals surface area contributed by atoms with Crippen molar-refractivity contribution in [2.75, 3.05) is 0 Å². The Labute approximate surface area is 151 Å². The monoisotopic (exact) mass is 383 g/mol. The van der Waals surface area contributed by atoms with Gasteiger partial charge in [0, 0.05) is 5.75 Å². The van der Waals surface area contributed by atoms with Crippen molar-refractivity contribution in [1.82, 2.24) is 5.43 Å². The zero-order valence-corrected chi connectivity index (χ0v) is 14.2. The molecule has 2 aromatic rings. The summed E-state index contributed by atoms with van der Waals surface area (Å²) >= 11 is 1.13. The van der Waals surface area contributed by atoms with Crippen LogP contribution in [-0.2, 0) is 16.7 Å². The van der Waals surface area contributed by atoms with E-state index < -0.39 is 17.7 Å². The van der Waals surface area contributed by atoms with Crippen LogP contribution in [0, 0.1) is 0 Å². The average Bonchev–Trinajstić information content (AvgIpc) is 2.62. The molecule has 0 aliphatic heterocycles. The van der Waals surface area contributed by atoms with E-state index in [4.69, 9.17) is 16.7 Å². The van der Waals surface area contributed by atoms with Crippen LogP contribution in [0.5, 0.6) is 0 Å². The number of carbonyl (C=O) groups is 1. The molecule has 0 atom stereocenters. The van der Waals surface area contributed by atoms with E-state index in [0.717, 1.165) is 35.0 Å². The molecule has 6 N–H and O–H groups in total. The zero-order chi connectivity index (χ0) is 19.3. The van der Waals surface area contributed by atoms with Crippen LogP contribution in [-0.4, -0.2) is 11.1 Å². The maximum atomic E-state index is 12.6. The number of benzene rings is 2. The number of hydrogen-bond donors (Lipinski definition) is 4. The summed E-state index contributed by atoms with van der Waals surface area (Å²) in [5.74, 6) is 4.41. The molecule has 26 heavy (non-hydrogen) atoms. The van der Waals surface area contributed by atoms with Gasteiger partial charge in [0.25, 0.3) is 0 Å². The first-order valence-corrected chi connectivity index (χ1v) is 8.30. The molecule has 9 heteroatoms. The number of thioether (sulfide) groups is 1. The number of carboxylic acids is 1. The topological polar surface area (TPSA) is 101 Å². The van der Waals surface area contributed by atoms with Gasteiger partial charge in [-0.25, -0.2) is 10.6 Å². The number of halogens is 3. The van der Waals surface area contributed by atoms with Crippen LogP contribution in [0.15, 0.2) is 59.3 Å². The number of rotatable bonds is 6. The number of carboxylic acid groups (broad SMARTS) is 1. The molecule has 5 nitrogen and oxygen atoms in total. The lowest BCUT2D eigenvalue weighted by molar-refractivity contribution is -0.137. The zero-order valence-electron chi connectivity index (χ0n) is 13.4. The molecular formula is C17H16F3N3O2S. The molecule has 0 unspecified atom stereocenters. The van der Waals surface area contributed by atoms with Gasteiger partial charge in [-0.05, 0) is 28.8 Å². The third-order valence-electron chi connectivity index (χ3n) is 3.49. The molecular weight excluding hydrogens is 367 g/mol. The first-order valence-electron chi connectivity index (χ1n) is 7.31. The standard InChI is InChI=1S/C17H16F3N3O2S/c18-17(19,20)13-7-5-12(6-8-13)11-3-1-10(2-4-11)9-26-15(23-22)14(21)16(24)25/h1-8,23H,9,21-22H2,(H,24,25)/b15-14+. The van der Waals surface area contributed by atoms with Crippen molar-refractivity contribution in [1.29, 1.82) is 0 Å². The highest BCUT2D eigenvalue weighted by atomic mass is 32.2. The summed E-state index contributed by atoms with van der Waals surface area (Å²) in [4.78, 5) is 10.8. The molecule has 0 amide bonds. The number of nitrogens with one attached hydrogen (secondary N) is 1. The predicted octanol–water partition coefficient (Wildman–Crippen LogP) is 3.28. The van der Waals surface area contributed by atoms with Crippen molar-refractivity contribution in [3.63, 3.8) is 0 Å². The summed E-state index contributed by atoms with van der Waals surface area (Å²) in [6.45, 7) is 0. The van der Waals surface area contributed by atoms with E-state index in [1.54, 1.807) is 24.3 Å². The molecule has 0 saturated heterocycles. The molecule has 2 aromatic carbocycles. The van der Waals surface area contributed by atoms with Crippen molar-refractivity contribution < 1.29 is 23.1 Å². The summed E-state index contributed by atoms with van der Waals surface area (Å²) in [6.07, 6.45) is -4.36. The van der Waals surface area contributed by atoms with Crippen molar-refractivity contribution in [2.24, 2.45) is 11.6 Å².